The van der Waals surface area contributed by atoms with Crippen LogP contribution in [0, 0.1) is 5.82 Å². The molecule has 1 amide bonds. The average molecular weight is 448 g/mol. The van der Waals surface area contributed by atoms with Crippen molar-refractivity contribution in [3.05, 3.63) is 94.3 Å². The molecule has 7 nitrogen and oxygen atoms in total. The summed E-state index contributed by atoms with van der Waals surface area (Å²) in [5.74, 6) is -0.721. The van der Waals surface area contributed by atoms with Crippen LogP contribution in [-0.2, 0) is 24.4 Å². The van der Waals surface area contributed by atoms with Crippen molar-refractivity contribution in [3.63, 3.8) is 0 Å². The minimum absolute atomic E-state index is 0.0558. The van der Waals surface area contributed by atoms with Gasteiger partial charge in [-0.3, -0.25) is 9.59 Å². The van der Waals surface area contributed by atoms with E-state index in [0.29, 0.717) is 11.3 Å². The van der Waals surface area contributed by atoms with Crippen LogP contribution in [0.4, 0.5) is 4.39 Å². The van der Waals surface area contributed by atoms with E-state index in [0.717, 1.165) is 12.8 Å². The zero-order valence-electron chi connectivity index (χ0n) is 18.2. The van der Waals surface area contributed by atoms with Crippen LogP contribution in [0.15, 0.2) is 71.8 Å². The quantitative estimate of drug-likeness (QED) is 0.434. The molecule has 0 spiro atoms. The zero-order chi connectivity index (χ0) is 23.4. The monoisotopic (exact) mass is 448 g/mol. The van der Waals surface area contributed by atoms with E-state index in [1.807, 2.05) is 37.3 Å². The second-order valence-corrected chi connectivity index (χ2v) is 8.01. The van der Waals surface area contributed by atoms with Gasteiger partial charge in [-0.2, -0.15) is 5.10 Å². The van der Waals surface area contributed by atoms with E-state index in [1.54, 1.807) is 12.3 Å². The van der Waals surface area contributed by atoms with Gasteiger partial charge < -0.3 is 15.0 Å². The Bertz CT molecular complexity index is 1330. The molecule has 0 fully saturated rings. The fraction of sp³-hybridized carbons (Fsp3) is 0.240. The third-order valence-corrected chi connectivity index (χ3v) is 5.55. The van der Waals surface area contributed by atoms with Gasteiger partial charge in [-0.1, -0.05) is 42.5 Å². The first kappa shape index (κ1) is 22.4. The Labute approximate surface area is 190 Å². The Morgan fingerprint density at radius 2 is 1.94 bits per heavy atom. The summed E-state index contributed by atoms with van der Waals surface area (Å²) in [5, 5.41) is 17.2. The van der Waals surface area contributed by atoms with E-state index in [2.05, 4.69) is 10.4 Å². The standard InChI is InChI=1S/C25H25FN4O3/c1-17(10-11-18-6-3-2-4-7-18)27-22(32)15-29-12-13-30-24(25(29)33)21(16-31)23(28-30)19-8-5-9-20(26)14-19/h2-9,12-14,17,31H,10-11,15-16H2,1H3,(H,27,32). The van der Waals surface area contributed by atoms with Gasteiger partial charge in [0.15, 0.2) is 0 Å². The molecule has 0 radical (unpaired) electrons. The maximum absolute atomic E-state index is 13.7. The minimum Gasteiger partial charge on any atom is -0.392 e. The van der Waals surface area contributed by atoms with Crippen LogP contribution < -0.4 is 10.9 Å². The molecule has 2 aromatic heterocycles. The van der Waals surface area contributed by atoms with Gasteiger partial charge in [0, 0.05) is 29.6 Å². The van der Waals surface area contributed by atoms with Crippen molar-refractivity contribution >= 4 is 11.4 Å². The summed E-state index contributed by atoms with van der Waals surface area (Å²) < 4.78 is 16.3. The van der Waals surface area contributed by atoms with E-state index in [1.165, 1.54) is 39.0 Å². The molecule has 0 aliphatic rings. The number of aryl methyl sites for hydroxylation is 1. The van der Waals surface area contributed by atoms with E-state index < -0.39 is 18.0 Å². The van der Waals surface area contributed by atoms with E-state index in [4.69, 9.17) is 0 Å². The van der Waals surface area contributed by atoms with Crippen LogP contribution in [0.25, 0.3) is 16.8 Å². The van der Waals surface area contributed by atoms with Crippen molar-refractivity contribution in [1.29, 1.82) is 0 Å². The van der Waals surface area contributed by atoms with Crippen LogP contribution in [0.3, 0.4) is 0 Å². The Morgan fingerprint density at radius 1 is 1.15 bits per heavy atom. The molecule has 0 aliphatic heterocycles. The Kier molecular flexibility index (Phi) is 6.65. The fourth-order valence-electron chi connectivity index (χ4n) is 3.87. The predicted octanol–water partition coefficient (Wildman–Crippen LogP) is 2.93. The molecule has 0 bridgehead atoms. The number of benzene rings is 2. The number of nitrogens with one attached hydrogen (secondary N) is 1. The van der Waals surface area contributed by atoms with Crippen LogP contribution in [0.1, 0.15) is 24.5 Å². The zero-order valence-corrected chi connectivity index (χ0v) is 18.2. The number of aliphatic hydroxyl groups excluding tert-OH is 1. The summed E-state index contributed by atoms with van der Waals surface area (Å²) in [6, 6.07) is 15.8. The van der Waals surface area contributed by atoms with Crippen molar-refractivity contribution in [2.75, 3.05) is 0 Å². The Balaban J connectivity index is 1.52. The van der Waals surface area contributed by atoms with Crippen LogP contribution >= 0.6 is 0 Å². The highest BCUT2D eigenvalue weighted by Gasteiger charge is 2.19. The second-order valence-electron chi connectivity index (χ2n) is 8.01. The van der Waals surface area contributed by atoms with Gasteiger partial charge in [0.05, 0.1) is 12.3 Å². The van der Waals surface area contributed by atoms with Gasteiger partial charge in [-0.05, 0) is 37.5 Å². The van der Waals surface area contributed by atoms with Gasteiger partial charge in [0.1, 0.15) is 17.9 Å². The topological polar surface area (TPSA) is 88.6 Å². The highest BCUT2D eigenvalue weighted by molar-refractivity contribution is 5.76. The molecule has 170 valence electrons. The lowest BCUT2D eigenvalue weighted by Crippen LogP contribution is -2.37. The summed E-state index contributed by atoms with van der Waals surface area (Å²) in [6.07, 6.45) is 4.64. The summed E-state index contributed by atoms with van der Waals surface area (Å²) in [7, 11) is 0. The fourth-order valence-corrected chi connectivity index (χ4v) is 3.87. The Hall–Kier alpha value is -3.78. The molecule has 33 heavy (non-hydrogen) atoms. The number of amides is 1. The smallest absolute Gasteiger partial charge is 0.277 e. The number of carbonyl (C=O) groups excluding carboxylic acids is 1. The summed E-state index contributed by atoms with van der Waals surface area (Å²) in [4.78, 5) is 25.6. The first-order valence-electron chi connectivity index (χ1n) is 10.8. The molecule has 0 saturated carbocycles. The predicted molar refractivity (Wildman–Crippen MR) is 123 cm³/mol. The summed E-state index contributed by atoms with van der Waals surface area (Å²) in [6.45, 7) is 1.33. The molecule has 1 unspecified atom stereocenters. The maximum atomic E-state index is 13.7. The Morgan fingerprint density at radius 3 is 2.67 bits per heavy atom. The number of halogens is 1. The summed E-state index contributed by atoms with van der Waals surface area (Å²) >= 11 is 0. The molecule has 2 aromatic carbocycles. The molecule has 0 saturated heterocycles. The minimum atomic E-state index is -0.455. The van der Waals surface area contributed by atoms with Gasteiger partial charge in [-0.15, -0.1) is 0 Å². The number of aliphatic hydroxyl groups is 1. The van der Waals surface area contributed by atoms with Gasteiger partial charge in [0.25, 0.3) is 5.56 Å². The third-order valence-electron chi connectivity index (χ3n) is 5.55. The molecule has 0 aliphatic carbocycles. The molecule has 2 heterocycles. The highest BCUT2D eigenvalue weighted by atomic mass is 19.1. The van der Waals surface area contributed by atoms with Crippen molar-refractivity contribution < 1.29 is 14.3 Å². The maximum Gasteiger partial charge on any atom is 0.277 e. The number of aromatic nitrogens is 3. The summed E-state index contributed by atoms with van der Waals surface area (Å²) in [5.41, 5.74) is 1.97. The van der Waals surface area contributed by atoms with Gasteiger partial charge >= 0.3 is 0 Å². The number of fused-ring (bicyclic) bond motifs is 1. The number of hydrogen-bond donors (Lipinski definition) is 2. The number of nitrogens with zero attached hydrogens (tertiary/aromatic N) is 3. The average Bonchev–Trinajstić information content (AvgIpc) is 3.20. The van der Waals surface area contributed by atoms with Crippen molar-refractivity contribution in [2.24, 2.45) is 0 Å². The molecule has 2 N–H and O–H groups in total. The van der Waals surface area contributed by atoms with Crippen molar-refractivity contribution in [3.8, 4) is 11.3 Å². The van der Waals surface area contributed by atoms with E-state index in [-0.39, 0.29) is 29.6 Å². The van der Waals surface area contributed by atoms with Crippen molar-refractivity contribution in [2.45, 2.75) is 39.0 Å². The molecule has 1 atom stereocenters. The second kappa shape index (κ2) is 9.79. The first-order chi connectivity index (χ1) is 16.0. The van der Waals surface area contributed by atoms with Gasteiger partial charge in [-0.25, -0.2) is 8.91 Å². The van der Waals surface area contributed by atoms with E-state index >= 15 is 0 Å². The SMILES string of the molecule is CC(CCc1ccccc1)NC(=O)Cn1ccn2nc(-c3cccc(F)c3)c(CO)c2c1=O. The van der Waals surface area contributed by atoms with Crippen LogP contribution in [-0.4, -0.2) is 31.2 Å². The third kappa shape index (κ3) is 5.01. The van der Waals surface area contributed by atoms with Gasteiger partial charge in [0.2, 0.25) is 5.91 Å². The lowest BCUT2D eigenvalue weighted by molar-refractivity contribution is -0.122. The lowest BCUT2D eigenvalue weighted by Gasteiger charge is -2.14. The number of carbonyl (C=O) groups is 1. The normalized spacial score (nSPS) is 12.1. The molecular weight excluding hydrogens is 423 g/mol. The number of rotatable bonds is 8. The molecule has 8 heteroatoms. The highest BCUT2D eigenvalue weighted by Crippen LogP contribution is 2.25. The van der Waals surface area contributed by atoms with Crippen molar-refractivity contribution in [1.82, 2.24) is 19.5 Å². The largest absolute Gasteiger partial charge is 0.392 e. The van der Waals surface area contributed by atoms with Crippen LogP contribution in [0.2, 0.25) is 0 Å². The molecule has 4 aromatic rings. The van der Waals surface area contributed by atoms with Crippen LogP contribution in [0.5, 0.6) is 0 Å². The van der Waals surface area contributed by atoms with E-state index in [9.17, 15) is 19.1 Å². The number of hydrogen-bond acceptors (Lipinski definition) is 4. The molecular formula is C25H25FN4O3. The lowest BCUT2D eigenvalue weighted by atomic mass is 10.1. The molecule has 4 rings (SSSR count). The first-order valence-corrected chi connectivity index (χ1v) is 10.8.